The molecule has 2 fully saturated rings. The first-order chi connectivity index (χ1) is 8.15. The molecule has 2 saturated heterocycles. The van der Waals surface area contributed by atoms with Crippen molar-refractivity contribution in [2.75, 3.05) is 19.7 Å². The number of amides is 2. The van der Waals surface area contributed by atoms with Crippen molar-refractivity contribution in [2.24, 2.45) is 5.92 Å². The molecule has 0 spiro atoms. The van der Waals surface area contributed by atoms with Gasteiger partial charge < -0.3 is 15.0 Å². The Hall–Kier alpha value is -1.59. The van der Waals surface area contributed by atoms with Gasteiger partial charge in [-0.15, -0.1) is 0 Å². The molecule has 0 aromatic carbocycles. The van der Waals surface area contributed by atoms with Crippen molar-refractivity contribution in [3.05, 3.63) is 0 Å². The number of hydrogen-bond acceptors (Lipinski definition) is 4. The van der Waals surface area contributed by atoms with E-state index in [0.29, 0.717) is 13.1 Å². The first-order valence-corrected chi connectivity index (χ1v) is 5.90. The molecule has 17 heavy (non-hydrogen) atoms. The maximum atomic E-state index is 11.8. The van der Waals surface area contributed by atoms with Gasteiger partial charge in [0, 0.05) is 13.1 Å². The Morgan fingerprint density at radius 1 is 1.53 bits per heavy atom. The van der Waals surface area contributed by atoms with Crippen molar-refractivity contribution in [3.8, 4) is 0 Å². The van der Waals surface area contributed by atoms with Crippen LogP contribution in [0.5, 0.6) is 0 Å². The number of nitrogens with one attached hydrogen (secondary N) is 1. The average molecular weight is 240 g/mol. The van der Waals surface area contributed by atoms with Gasteiger partial charge in [-0.2, -0.15) is 0 Å². The first-order valence-electron chi connectivity index (χ1n) is 5.90. The van der Waals surface area contributed by atoms with E-state index in [-0.39, 0.29) is 24.5 Å². The Balaban J connectivity index is 2.07. The highest BCUT2D eigenvalue weighted by atomic mass is 16.5. The van der Waals surface area contributed by atoms with Crippen molar-refractivity contribution in [2.45, 2.75) is 25.8 Å². The summed E-state index contributed by atoms with van der Waals surface area (Å²) >= 11 is 0. The molecule has 0 bridgehead atoms. The van der Waals surface area contributed by atoms with Crippen LogP contribution in [0.2, 0.25) is 0 Å². The maximum absolute atomic E-state index is 11.8. The minimum absolute atomic E-state index is 0.0173. The van der Waals surface area contributed by atoms with Crippen LogP contribution in [0.4, 0.5) is 0 Å². The minimum Gasteiger partial charge on any atom is -0.459 e. The summed E-state index contributed by atoms with van der Waals surface area (Å²) < 4.78 is 4.70. The second kappa shape index (κ2) is 4.73. The summed E-state index contributed by atoms with van der Waals surface area (Å²) in [7, 11) is 0. The third-order valence-corrected chi connectivity index (χ3v) is 3.31. The second-order valence-corrected chi connectivity index (χ2v) is 4.28. The quantitative estimate of drug-likeness (QED) is 0.485. The zero-order chi connectivity index (χ0) is 12.4. The van der Waals surface area contributed by atoms with Gasteiger partial charge >= 0.3 is 11.9 Å². The van der Waals surface area contributed by atoms with Crippen molar-refractivity contribution >= 4 is 17.8 Å². The van der Waals surface area contributed by atoms with Gasteiger partial charge in [0.05, 0.1) is 18.6 Å². The second-order valence-electron chi connectivity index (χ2n) is 4.28. The molecule has 94 valence electrons. The number of piperidine rings is 1. The lowest BCUT2D eigenvalue weighted by atomic mass is 9.91. The Bertz CT molecular complexity index is 355. The number of likely N-dealkylation sites (tertiary alicyclic amines) is 1. The van der Waals surface area contributed by atoms with Crippen LogP contribution >= 0.6 is 0 Å². The number of nitrogens with zero attached hydrogens (tertiary/aromatic N) is 1. The Morgan fingerprint density at radius 2 is 2.29 bits per heavy atom. The van der Waals surface area contributed by atoms with Crippen molar-refractivity contribution in [1.29, 1.82) is 0 Å². The number of ether oxygens (including phenoxy) is 1. The predicted octanol–water partition coefficient (Wildman–Crippen LogP) is -0.713. The normalized spacial score (nSPS) is 27.4. The predicted molar refractivity (Wildman–Crippen MR) is 57.9 cm³/mol. The summed E-state index contributed by atoms with van der Waals surface area (Å²) in [5, 5.41) is 2.73. The Labute approximate surface area is 99.3 Å². The molecule has 0 radical (unpaired) electrons. The molecule has 0 aliphatic carbocycles. The van der Waals surface area contributed by atoms with Gasteiger partial charge in [0.25, 0.3) is 0 Å². The third-order valence-electron chi connectivity index (χ3n) is 3.31. The number of rotatable bonds is 1. The summed E-state index contributed by atoms with van der Waals surface area (Å²) in [5.74, 6) is -1.64. The van der Waals surface area contributed by atoms with Gasteiger partial charge in [0.2, 0.25) is 5.91 Å². The maximum Gasteiger partial charge on any atom is 0.397 e. The molecule has 1 N–H and O–H groups in total. The van der Waals surface area contributed by atoms with E-state index in [9.17, 15) is 14.4 Å². The van der Waals surface area contributed by atoms with Crippen molar-refractivity contribution in [1.82, 2.24) is 10.2 Å². The molecule has 0 saturated carbocycles. The van der Waals surface area contributed by atoms with E-state index >= 15 is 0 Å². The summed E-state index contributed by atoms with van der Waals surface area (Å²) in [6, 6.07) is -0.187. The fourth-order valence-electron chi connectivity index (χ4n) is 2.51. The summed E-state index contributed by atoms with van der Waals surface area (Å²) in [5.41, 5.74) is 0. The van der Waals surface area contributed by atoms with Crippen molar-refractivity contribution in [3.63, 3.8) is 0 Å². The van der Waals surface area contributed by atoms with E-state index in [2.05, 4.69) is 5.32 Å². The van der Waals surface area contributed by atoms with E-state index in [4.69, 9.17) is 4.74 Å². The molecule has 6 nitrogen and oxygen atoms in total. The molecule has 2 heterocycles. The average Bonchev–Trinajstić information content (AvgIpc) is 2.71. The monoisotopic (exact) mass is 240 g/mol. The highest BCUT2D eigenvalue weighted by molar-refractivity contribution is 6.32. The van der Waals surface area contributed by atoms with Crippen LogP contribution in [0.15, 0.2) is 0 Å². The van der Waals surface area contributed by atoms with Crippen LogP contribution in [0.3, 0.4) is 0 Å². The lowest BCUT2D eigenvalue weighted by Crippen LogP contribution is -2.51. The number of carbonyl (C=O) groups is 3. The van der Waals surface area contributed by atoms with E-state index < -0.39 is 11.9 Å². The van der Waals surface area contributed by atoms with Gasteiger partial charge in [-0.3, -0.25) is 9.59 Å². The minimum atomic E-state index is -0.826. The van der Waals surface area contributed by atoms with E-state index in [1.807, 2.05) is 0 Å². The standard InChI is InChI=1S/C11H16N2O4/c1-2-17-11(16)10(15)13-5-3-4-7-8(13)6-12-9(7)14/h7-8H,2-6H2,1H3,(H,12,14). The number of hydrogen-bond donors (Lipinski definition) is 1. The summed E-state index contributed by atoms with van der Waals surface area (Å²) in [6.07, 6.45) is 1.53. The van der Waals surface area contributed by atoms with Crippen LogP contribution < -0.4 is 5.32 Å². The van der Waals surface area contributed by atoms with Gasteiger partial charge in [-0.25, -0.2) is 4.79 Å². The zero-order valence-electron chi connectivity index (χ0n) is 9.77. The number of carbonyl (C=O) groups excluding carboxylic acids is 3. The summed E-state index contributed by atoms with van der Waals surface area (Å²) in [6.45, 7) is 2.80. The van der Waals surface area contributed by atoms with Gasteiger partial charge in [0.1, 0.15) is 0 Å². The lowest BCUT2D eigenvalue weighted by Gasteiger charge is -2.34. The van der Waals surface area contributed by atoms with Crippen LogP contribution in [0.1, 0.15) is 19.8 Å². The highest BCUT2D eigenvalue weighted by Gasteiger charge is 2.44. The molecule has 2 rings (SSSR count). The molecule has 0 aromatic heterocycles. The largest absolute Gasteiger partial charge is 0.459 e. The topological polar surface area (TPSA) is 75.7 Å². The molecule has 2 amide bonds. The fraction of sp³-hybridized carbons (Fsp3) is 0.727. The van der Waals surface area contributed by atoms with Crippen LogP contribution in [-0.4, -0.2) is 48.4 Å². The molecule has 2 aliphatic heterocycles. The molecule has 2 atom stereocenters. The number of fused-ring (bicyclic) bond motifs is 1. The lowest BCUT2D eigenvalue weighted by molar-refractivity contribution is -0.162. The molecular formula is C11H16N2O4. The van der Waals surface area contributed by atoms with Crippen LogP contribution in [0, 0.1) is 5.92 Å². The molecule has 2 unspecified atom stereocenters. The Morgan fingerprint density at radius 3 is 3.00 bits per heavy atom. The fourth-order valence-corrected chi connectivity index (χ4v) is 2.51. The van der Waals surface area contributed by atoms with Crippen LogP contribution in [0.25, 0.3) is 0 Å². The number of esters is 1. The highest BCUT2D eigenvalue weighted by Crippen LogP contribution is 2.27. The van der Waals surface area contributed by atoms with Crippen molar-refractivity contribution < 1.29 is 19.1 Å². The molecular weight excluding hydrogens is 224 g/mol. The third kappa shape index (κ3) is 2.11. The SMILES string of the molecule is CCOC(=O)C(=O)N1CCCC2C(=O)NCC21. The van der Waals surface area contributed by atoms with Gasteiger partial charge in [-0.1, -0.05) is 0 Å². The smallest absolute Gasteiger partial charge is 0.397 e. The van der Waals surface area contributed by atoms with Gasteiger partial charge in [0.15, 0.2) is 0 Å². The molecule has 0 aromatic rings. The van der Waals surface area contributed by atoms with Gasteiger partial charge in [-0.05, 0) is 19.8 Å². The first kappa shape index (κ1) is 11.9. The molecule has 2 aliphatic rings. The van der Waals surface area contributed by atoms with E-state index in [0.717, 1.165) is 12.8 Å². The zero-order valence-corrected chi connectivity index (χ0v) is 9.77. The Kier molecular flexibility index (Phi) is 3.31. The van der Waals surface area contributed by atoms with Crippen LogP contribution in [-0.2, 0) is 19.1 Å². The van der Waals surface area contributed by atoms with E-state index in [1.165, 1.54) is 4.90 Å². The summed E-state index contributed by atoms with van der Waals surface area (Å²) in [4.78, 5) is 36.2. The van der Waals surface area contributed by atoms with E-state index in [1.54, 1.807) is 6.92 Å². The molecule has 6 heteroatoms.